The standard InChI is InChI=1S/2C7H16N.Mg/c2*1-4-7-8(5-2)6-3;/h2*1,4-7H2,2-3H3;. The van der Waals surface area contributed by atoms with Crippen molar-refractivity contribution in [3.8, 4) is 0 Å². The van der Waals surface area contributed by atoms with E-state index < -0.39 is 0 Å². The molecule has 0 aliphatic heterocycles. The highest BCUT2D eigenvalue weighted by Crippen LogP contribution is 2.00. The van der Waals surface area contributed by atoms with E-state index >= 15 is 0 Å². The van der Waals surface area contributed by atoms with Gasteiger partial charge in [0.25, 0.3) is 0 Å². The van der Waals surface area contributed by atoms with Crippen molar-refractivity contribution >= 4 is 20.4 Å². The van der Waals surface area contributed by atoms with Crippen LogP contribution in [0.4, 0.5) is 0 Å². The molecule has 0 fully saturated rings. The summed E-state index contributed by atoms with van der Waals surface area (Å²) in [5, 5.41) is 0. The zero-order chi connectivity index (χ0) is 12.9. The summed E-state index contributed by atoms with van der Waals surface area (Å²) in [5.74, 6) is 0. The van der Waals surface area contributed by atoms with E-state index in [1.54, 1.807) is 9.10 Å². The summed E-state index contributed by atoms with van der Waals surface area (Å²) in [6, 6.07) is 0. The summed E-state index contributed by atoms with van der Waals surface area (Å²) in [7, 11) is 0. The molecule has 0 saturated carbocycles. The lowest BCUT2D eigenvalue weighted by molar-refractivity contribution is 0.303. The molecule has 0 saturated heterocycles. The molecule has 0 N–H and O–H groups in total. The molecule has 0 unspecified atom stereocenters. The van der Waals surface area contributed by atoms with Gasteiger partial charge in [0.15, 0.2) is 0 Å². The molecule has 0 atom stereocenters. The Bertz CT molecular complexity index is 129. The Balaban J connectivity index is 3.23. The van der Waals surface area contributed by atoms with Gasteiger partial charge in [-0.2, -0.15) is 0 Å². The number of hydrogen-bond acceptors (Lipinski definition) is 2. The second-order valence-corrected chi connectivity index (χ2v) is 6.94. The van der Waals surface area contributed by atoms with E-state index in [-0.39, 0.29) is 20.4 Å². The predicted octanol–water partition coefficient (Wildman–Crippen LogP) is 2.99. The van der Waals surface area contributed by atoms with Crippen LogP contribution in [0.3, 0.4) is 0 Å². The summed E-state index contributed by atoms with van der Waals surface area (Å²) in [4.78, 5) is 5.09. The van der Waals surface area contributed by atoms with Gasteiger partial charge in [-0.1, -0.05) is 40.5 Å². The van der Waals surface area contributed by atoms with Crippen LogP contribution >= 0.6 is 0 Å². The molecule has 100 valence electrons. The molecular weight excluding hydrogens is 220 g/mol. The van der Waals surface area contributed by atoms with Crippen molar-refractivity contribution in [2.24, 2.45) is 0 Å². The minimum atomic E-state index is 0.241. The van der Waals surface area contributed by atoms with Crippen molar-refractivity contribution in [3.63, 3.8) is 0 Å². The molecule has 0 rings (SSSR count). The first kappa shape index (κ1) is 17.7. The monoisotopic (exact) mass is 252 g/mol. The van der Waals surface area contributed by atoms with E-state index in [0.29, 0.717) is 0 Å². The van der Waals surface area contributed by atoms with E-state index in [1.807, 2.05) is 0 Å². The molecule has 3 heteroatoms. The number of nitrogens with zero attached hydrogens (tertiary/aromatic N) is 2. The van der Waals surface area contributed by atoms with E-state index in [1.165, 1.54) is 52.1 Å². The average Bonchev–Trinajstić information content (AvgIpc) is 2.37. The van der Waals surface area contributed by atoms with E-state index in [4.69, 9.17) is 0 Å². The molecule has 0 amide bonds. The molecule has 0 spiro atoms. The SMILES string of the molecule is CCN(CC)CC[CH2][Mg][CH2]CCN(CC)CC. The summed E-state index contributed by atoms with van der Waals surface area (Å²) < 4.78 is 3.10. The molecule has 0 aliphatic rings. The van der Waals surface area contributed by atoms with Crippen molar-refractivity contribution in [2.75, 3.05) is 39.3 Å². The third-order valence-corrected chi connectivity index (χ3v) is 5.74. The third kappa shape index (κ3) is 10.3. The van der Waals surface area contributed by atoms with Crippen molar-refractivity contribution in [2.45, 2.75) is 49.6 Å². The topological polar surface area (TPSA) is 6.48 Å². The maximum atomic E-state index is 2.55. The second-order valence-electron chi connectivity index (χ2n) is 4.82. The van der Waals surface area contributed by atoms with Crippen LogP contribution < -0.4 is 0 Å². The van der Waals surface area contributed by atoms with Crippen LogP contribution in [0.1, 0.15) is 40.5 Å². The Kier molecular flexibility index (Phi) is 13.7. The molecule has 0 aliphatic carbocycles. The minimum Gasteiger partial charge on any atom is -0.304 e. The summed E-state index contributed by atoms with van der Waals surface area (Å²) in [6.07, 6.45) is 2.89. The van der Waals surface area contributed by atoms with Gasteiger partial charge in [0, 0.05) is 0 Å². The van der Waals surface area contributed by atoms with Crippen LogP contribution in [-0.2, 0) is 0 Å². The Labute approximate surface area is 119 Å². The number of rotatable bonds is 12. The fourth-order valence-corrected chi connectivity index (χ4v) is 3.79. The van der Waals surface area contributed by atoms with Gasteiger partial charge in [0.2, 0.25) is 0 Å². The third-order valence-electron chi connectivity index (χ3n) is 3.74. The van der Waals surface area contributed by atoms with Crippen molar-refractivity contribution in [1.82, 2.24) is 9.80 Å². The van der Waals surface area contributed by atoms with Gasteiger partial charge in [0.1, 0.15) is 0 Å². The Morgan fingerprint density at radius 2 is 1.00 bits per heavy atom. The molecule has 0 bridgehead atoms. The van der Waals surface area contributed by atoms with E-state index in [9.17, 15) is 0 Å². The maximum Gasteiger partial charge on any atom is 0.364 e. The van der Waals surface area contributed by atoms with Crippen LogP contribution in [0.25, 0.3) is 0 Å². The first-order chi connectivity index (χ1) is 8.28. The summed E-state index contributed by atoms with van der Waals surface area (Å²) in [5.41, 5.74) is 0. The van der Waals surface area contributed by atoms with Gasteiger partial charge in [-0.3, -0.25) is 0 Å². The van der Waals surface area contributed by atoms with E-state index in [0.717, 1.165) is 0 Å². The Hall–Kier alpha value is 0.686. The lowest BCUT2D eigenvalue weighted by Crippen LogP contribution is -2.24. The Morgan fingerprint density at radius 3 is 1.29 bits per heavy atom. The van der Waals surface area contributed by atoms with Gasteiger partial charge < -0.3 is 9.80 Å². The zero-order valence-corrected chi connectivity index (χ0v) is 14.1. The van der Waals surface area contributed by atoms with Gasteiger partial charge >= 0.3 is 20.4 Å². The van der Waals surface area contributed by atoms with Crippen LogP contribution in [0.5, 0.6) is 0 Å². The normalized spacial score (nSPS) is 11.2. The lowest BCUT2D eigenvalue weighted by atomic mass is 10.4. The minimum absolute atomic E-state index is 0.241. The van der Waals surface area contributed by atoms with Crippen LogP contribution in [-0.4, -0.2) is 69.4 Å². The zero-order valence-electron chi connectivity index (χ0n) is 12.7. The van der Waals surface area contributed by atoms with Crippen molar-refractivity contribution < 1.29 is 0 Å². The van der Waals surface area contributed by atoms with Crippen LogP contribution in [0, 0.1) is 0 Å². The lowest BCUT2D eigenvalue weighted by Gasteiger charge is -2.18. The maximum absolute atomic E-state index is 2.55. The molecular formula is C14H32MgN2. The first-order valence-corrected chi connectivity index (χ1v) is 9.73. The molecule has 17 heavy (non-hydrogen) atoms. The summed E-state index contributed by atoms with van der Waals surface area (Å²) >= 11 is 0.241. The molecule has 0 heterocycles. The Morgan fingerprint density at radius 1 is 0.647 bits per heavy atom. The fourth-order valence-electron chi connectivity index (χ4n) is 2.28. The fraction of sp³-hybridized carbons (Fsp3) is 1.00. The molecule has 2 nitrogen and oxygen atoms in total. The molecule has 0 aromatic carbocycles. The molecule has 0 radical (unpaired) electrons. The van der Waals surface area contributed by atoms with Crippen LogP contribution in [0.15, 0.2) is 0 Å². The highest BCUT2D eigenvalue weighted by molar-refractivity contribution is 6.35. The van der Waals surface area contributed by atoms with Gasteiger partial charge in [-0.25, -0.2) is 0 Å². The van der Waals surface area contributed by atoms with Crippen LogP contribution in [0.2, 0.25) is 9.10 Å². The summed E-state index contributed by atoms with van der Waals surface area (Å²) in [6.45, 7) is 16.6. The van der Waals surface area contributed by atoms with Crippen molar-refractivity contribution in [1.29, 1.82) is 0 Å². The largest absolute Gasteiger partial charge is 0.364 e. The number of hydrogen-bond donors (Lipinski definition) is 0. The highest BCUT2D eigenvalue weighted by atomic mass is 24.5. The van der Waals surface area contributed by atoms with Gasteiger partial charge in [-0.15, -0.1) is 9.10 Å². The first-order valence-electron chi connectivity index (χ1n) is 7.73. The second kappa shape index (κ2) is 13.1. The quantitative estimate of drug-likeness (QED) is 0.389. The van der Waals surface area contributed by atoms with Crippen molar-refractivity contribution in [3.05, 3.63) is 0 Å². The van der Waals surface area contributed by atoms with Gasteiger partial charge in [0.05, 0.1) is 0 Å². The van der Waals surface area contributed by atoms with E-state index in [2.05, 4.69) is 37.5 Å². The molecule has 0 aromatic rings. The molecule has 0 aromatic heterocycles. The van der Waals surface area contributed by atoms with Gasteiger partial charge in [-0.05, 0) is 39.3 Å². The predicted molar refractivity (Wildman–Crippen MR) is 80.2 cm³/mol. The average molecular weight is 253 g/mol. The highest BCUT2D eigenvalue weighted by Gasteiger charge is 2.02. The smallest absolute Gasteiger partial charge is 0.304 e.